The minimum Gasteiger partial charge on any atom is -0.347 e. The van der Waals surface area contributed by atoms with Gasteiger partial charge in [0.1, 0.15) is 17.5 Å². The maximum atomic E-state index is 14.2. The van der Waals surface area contributed by atoms with Gasteiger partial charge < -0.3 is 5.32 Å². The smallest absolute Gasteiger partial charge is 0.241 e. The first-order valence-corrected chi connectivity index (χ1v) is 9.24. The minimum absolute atomic E-state index is 0.0799. The van der Waals surface area contributed by atoms with Crippen molar-refractivity contribution in [3.63, 3.8) is 0 Å². The molecule has 0 aromatic carbocycles. The molecule has 0 unspecified atom stereocenters. The van der Waals surface area contributed by atoms with Crippen LogP contribution in [0.5, 0.6) is 0 Å². The Morgan fingerprint density at radius 1 is 1.38 bits per heavy atom. The molecule has 0 aliphatic heterocycles. The summed E-state index contributed by atoms with van der Waals surface area (Å²) < 4.78 is 16.0. The minimum atomic E-state index is -0.916. The molecule has 24 heavy (non-hydrogen) atoms. The molecule has 7 heteroatoms. The number of halogens is 2. The van der Waals surface area contributed by atoms with Crippen molar-refractivity contribution in [2.75, 3.05) is 5.32 Å². The van der Waals surface area contributed by atoms with Gasteiger partial charge in [0, 0.05) is 5.41 Å². The zero-order chi connectivity index (χ0) is 17.3. The van der Waals surface area contributed by atoms with E-state index in [-0.39, 0.29) is 11.5 Å². The fraction of sp³-hybridized carbons (Fsp3) is 0.706. The zero-order valence-corrected chi connectivity index (χ0v) is 15.3. The maximum absolute atomic E-state index is 14.2. The number of alkyl halides is 1. The second kappa shape index (κ2) is 6.82. The molecule has 2 heterocycles. The zero-order valence-electron chi connectivity index (χ0n) is 14.5. The normalized spacial score (nSPS) is 18.5. The molecule has 1 aliphatic rings. The topological polar surface area (TPSA) is 55.1 Å². The summed E-state index contributed by atoms with van der Waals surface area (Å²) in [5.74, 6) is 1.33. The fourth-order valence-electron chi connectivity index (χ4n) is 3.25. The van der Waals surface area contributed by atoms with Gasteiger partial charge in [-0.25, -0.2) is 18.9 Å². The highest BCUT2D eigenvalue weighted by Gasteiger charge is 2.46. The first-order valence-electron chi connectivity index (χ1n) is 8.87. The van der Waals surface area contributed by atoms with Gasteiger partial charge in [0.2, 0.25) is 5.95 Å². The van der Waals surface area contributed by atoms with Gasteiger partial charge in [-0.3, -0.25) is 0 Å². The molecule has 3 rings (SSSR count). The standard InChI is InChI=1S/C17H25ClFN5/c1-4-7-12(11(19)5-2)21-16-20-10-13-14(18)22-15(24(13)23-16)17(6-3)8-9-17/h10-12H,4-9H2,1-3H3,(H,21,23)/t11-,12-/m1/s1. The number of fused-ring (bicyclic) bond motifs is 1. The first kappa shape index (κ1) is 17.4. The highest BCUT2D eigenvalue weighted by Crippen LogP contribution is 2.50. The van der Waals surface area contributed by atoms with E-state index >= 15 is 0 Å². The molecule has 2 atom stereocenters. The van der Waals surface area contributed by atoms with E-state index in [4.69, 9.17) is 11.6 Å². The molecular weight excluding hydrogens is 329 g/mol. The lowest BCUT2D eigenvalue weighted by atomic mass is 10.0. The molecule has 1 N–H and O–H groups in total. The highest BCUT2D eigenvalue weighted by atomic mass is 35.5. The van der Waals surface area contributed by atoms with E-state index in [1.54, 1.807) is 10.7 Å². The fourth-order valence-corrected chi connectivity index (χ4v) is 3.46. The van der Waals surface area contributed by atoms with Gasteiger partial charge >= 0.3 is 0 Å². The van der Waals surface area contributed by atoms with Crippen LogP contribution in [0, 0.1) is 0 Å². The Labute approximate surface area is 147 Å². The third-order valence-corrected chi connectivity index (χ3v) is 5.37. The molecule has 1 saturated carbocycles. The van der Waals surface area contributed by atoms with Crippen LogP contribution in [0.25, 0.3) is 5.52 Å². The van der Waals surface area contributed by atoms with Crippen molar-refractivity contribution < 1.29 is 4.39 Å². The van der Waals surface area contributed by atoms with Crippen molar-refractivity contribution in [3.8, 4) is 0 Å². The maximum Gasteiger partial charge on any atom is 0.241 e. The lowest BCUT2D eigenvalue weighted by Gasteiger charge is -2.21. The van der Waals surface area contributed by atoms with Gasteiger partial charge in [-0.1, -0.05) is 38.8 Å². The van der Waals surface area contributed by atoms with E-state index in [1.807, 2.05) is 13.8 Å². The Bertz CT molecular complexity index is 712. The molecule has 132 valence electrons. The molecule has 5 nitrogen and oxygen atoms in total. The average molecular weight is 354 g/mol. The number of anilines is 1. The van der Waals surface area contributed by atoms with Crippen LogP contribution in [0.15, 0.2) is 6.20 Å². The third-order valence-electron chi connectivity index (χ3n) is 5.09. The van der Waals surface area contributed by atoms with Gasteiger partial charge in [-0.15, -0.1) is 5.10 Å². The quantitative estimate of drug-likeness (QED) is 0.756. The van der Waals surface area contributed by atoms with Crippen LogP contribution in [0.2, 0.25) is 5.15 Å². The SMILES string of the molecule is CCC[C@@H](Nc1ncc2c(Cl)nc(C3(CC)CC3)n2n1)[C@H](F)CC. The molecule has 2 aromatic heterocycles. The summed E-state index contributed by atoms with van der Waals surface area (Å²) in [5.41, 5.74) is 0.785. The monoisotopic (exact) mass is 353 g/mol. The summed E-state index contributed by atoms with van der Waals surface area (Å²) in [6.07, 6.45) is 6.09. The van der Waals surface area contributed by atoms with Crippen molar-refractivity contribution in [2.24, 2.45) is 0 Å². The molecule has 1 fully saturated rings. The molecule has 2 aromatic rings. The first-order chi connectivity index (χ1) is 11.5. The summed E-state index contributed by atoms with van der Waals surface area (Å²) in [6.45, 7) is 6.06. The number of nitrogens with one attached hydrogen (secondary N) is 1. The van der Waals surface area contributed by atoms with Crippen LogP contribution in [0.4, 0.5) is 10.3 Å². The molecular formula is C17H25ClFN5. The van der Waals surface area contributed by atoms with Crippen molar-refractivity contribution in [1.82, 2.24) is 19.6 Å². The van der Waals surface area contributed by atoms with Crippen molar-refractivity contribution in [3.05, 3.63) is 17.2 Å². The lowest BCUT2D eigenvalue weighted by molar-refractivity contribution is 0.275. The van der Waals surface area contributed by atoms with Gasteiger partial charge in [0.25, 0.3) is 0 Å². The Kier molecular flexibility index (Phi) is 4.95. The predicted molar refractivity (Wildman–Crippen MR) is 94.5 cm³/mol. The average Bonchev–Trinajstić information content (AvgIpc) is 3.32. The molecule has 0 amide bonds. The Morgan fingerprint density at radius 3 is 2.71 bits per heavy atom. The van der Waals surface area contributed by atoms with Crippen LogP contribution in [0.3, 0.4) is 0 Å². The Balaban J connectivity index is 1.94. The molecule has 0 radical (unpaired) electrons. The molecule has 1 aliphatic carbocycles. The van der Waals surface area contributed by atoms with Crippen molar-refractivity contribution >= 4 is 23.1 Å². The van der Waals surface area contributed by atoms with Gasteiger partial charge in [-0.2, -0.15) is 0 Å². The summed E-state index contributed by atoms with van der Waals surface area (Å²) in [6, 6.07) is -0.277. The number of nitrogens with zero attached hydrogens (tertiary/aromatic N) is 4. The van der Waals surface area contributed by atoms with Crippen LogP contribution >= 0.6 is 11.6 Å². The number of hydrogen-bond acceptors (Lipinski definition) is 4. The van der Waals surface area contributed by atoms with Gasteiger partial charge in [0.15, 0.2) is 5.15 Å². The Hall–Kier alpha value is -1.43. The molecule has 0 saturated heterocycles. The van der Waals surface area contributed by atoms with E-state index < -0.39 is 6.17 Å². The van der Waals surface area contributed by atoms with E-state index in [2.05, 4.69) is 27.3 Å². The van der Waals surface area contributed by atoms with Gasteiger partial charge in [-0.05, 0) is 32.1 Å². The van der Waals surface area contributed by atoms with Gasteiger partial charge in [0.05, 0.1) is 12.2 Å². The second-order valence-corrected chi connectivity index (χ2v) is 7.06. The summed E-state index contributed by atoms with van der Waals surface area (Å²) in [5, 5.41) is 8.16. The number of hydrogen-bond donors (Lipinski definition) is 1. The molecule has 0 spiro atoms. The summed E-state index contributed by atoms with van der Waals surface area (Å²) in [4.78, 5) is 8.84. The van der Waals surface area contributed by atoms with Crippen LogP contribution in [0.1, 0.15) is 65.1 Å². The Morgan fingerprint density at radius 2 is 2.12 bits per heavy atom. The lowest BCUT2D eigenvalue weighted by Crippen LogP contribution is -2.31. The van der Waals surface area contributed by atoms with E-state index in [9.17, 15) is 4.39 Å². The van der Waals surface area contributed by atoms with E-state index in [0.29, 0.717) is 23.0 Å². The third kappa shape index (κ3) is 3.08. The van der Waals surface area contributed by atoms with Crippen LogP contribution < -0.4 is 5.32 Å². The van der Waals surface area contributed by atoms with Crippen LogP contribution in [-0.4, -0.2) is 31.8 Å². The largest absolute Gasteiger partial charge is 0.347 e. The van der Waals surface area contributed by atoms with E-state index in [0.717, 1.165) is 37.9 Å². The number of aromatic nitrogens is 4. The second-order valence-electron chi connectivity index (χ2n) is 6.70. The van der Waals surface area contributed by atoms with E-state index in [1.165, 1.54) is 0 Å². The predicted octanol–water partition coefficient (Wildman–Crippen LogP) is 4.55. The van der Waals surface area contributed by atoms with Crippen molar-refractivity contribution in [1.29, 1.82) is 0 Å². The number of imidazole rings is 1. The summed E-state index contributed by atoms with van der Waals surface area (Å²) >= 11 is 6.26. The molecule has 0 bridgehead atoms. The van der Waals surface area contributed by atoms with Crippen molar-refractivity contribution in [2.45, 2.75) is 76.9 Å². The van der Waals surface area contributed by atoms with Crippen LogP contribution in [-0.2, 0) is 5.41 Å². The summed E-state index contributed by atoms with van der Waals surface area (Å²) in [7, 11) is 0. The highest BCUT2D eigenvalue weighted by molar-refractivity contribution is 6.32. The number of rotatable bonds is 8.